The van der Waals surface area contributed by atoms with E-state index in [-0.39, 0.29) is 6.04 Å². The van der Waals surface area contributed by atoms with Crippen LogP contribution in [0.3, 0.4) is 0 Å². The van der Waals surface area contributed by atoms with Crippen LogP contribution in [-0.2, 0) is 6.54 Å². The molecule has 0 bridgehead atoms. The number of hydrogen-bond acceptors (Lipinski definition) is 3. The molecule has 1 aromatic heterocycles. The summed E-state index contributed by atoms with van der Waals surface area (Å²) in [6.07, 6.45) is 3.45. The fourth-order valence-corrected chi connectivity index (χ4v) is 1.97. The standard InChI is InChI=1S/C13H13NO2/c1-2-4-13-11(3-1)12(9-16-13)14-7-10-5-6-15-8-10/h1-6,8,12,14H,7,9H2. The Labute approximate surface area is 94.0 Å². The van der Waals surface area contributed by atoms with Gasteiger partial charge in [-0.3, -0.25) is 0 Å². The van der Waals surface area contributed by atoms with Gasteiger partial charge in [-0.25, -0.2) is 0 Å². The Hall–Kier alpha value is -1.74. The molecule has 1 unspecified atom stereocenters. The first-order valence-corrected chi connectivity index (χ1v) is 5.39. The second kappa shape index (κ2) is 4.02. The molecule has 16 heavy (non-hydrogen) atoms. The summed E-state index contributed by atoms with van der Waals surface area (Å²) < 4.78 is 10.6. The third kappa shape index (κ3) is 1.70. The first kappa shape index (κ1) is 9.48. The van der Waals surface area contributed by atoms with Gasteiger partial charge in [0, 0.05) is 17.7 Å². The van der Waals surface area contributed by atoms with Crippen LogP contribution in [0.4, 0.5) is 0 Å². The Morgan fingerprint density at radius 3 is 3.06 bits per heavy atom. The summed E-state index contributed by atoms with van der Waals surface area (Å²) in [4.78, 5) is 0. The number of para-hydroxylation sites is 1. The van der Waals surface area contributed by atoms with Crippen LogP contribution in [0, 0.1) is 0 Å². The lowest BCUT2D eigenvalue weighted by atomic mass is 10.1. The lowest BCUT2D eigenvalue weighted by Crippen LogP contribution is -2.21. The van der Waals surface area contributed by atoms with Gasteiger partial charge in [0.05, 0.1) is 18.6 Å². The molecule has 1 atom stereocenters. The third-order valence-electron chi connectivity index (χ3n) is 2.83. The highest BCUT2D eigenvalue weighted by atomic mass is 16.5. The molecule has 1 aliphatic rings. The molecular weight excluding hydrogens is 202 g/mol. The highest BCUT2D eigenvalue weighted by Gasteiger charge is 2.22. The topological polar surface area (TPSA) is 34.4 Å². The zero-order chi connectivity index (χ0) is 10.8. The van der Waals surface area contributed by atoms with Gasteiger partial charge in [0.25, 0.3) is 0 Å². The highest BCUT2D eigenvalue weighted by molar-refractivity contribution is 5.39. The fourth-order valence-electron chi connectivity index (χ4n) is 1.97. The molecule has 2 heterocycles. The molecule has 0 saturated carbocycles. The molecule has 82 valence electrons. The van der Waals surface area contributed by atoms with Gasteiger partial charge in [0.2, 0.25) is 0 Å². The normalized spacial score (nSPS) is 18.1. The van der Waals surface area contributed by atoms with E-state index in [1.807, 2.05) is 24.3 Å². The maximum atomic E-state index is 5.60. The molecule has 3 heteroatoms. The van der Waals surface area contributed by atoms with Gasteiger partial charge in [-0.2, -0.15) is 0 Å². The first-order chi connectivity index (χ1) is 7.93. The summed E-state index contributed by atoms with van der Waals surface area (Å²) in [7, 11) is 0. The molecule has 0 aliphatic carbocycles. The number of furan rings is 1. The van der Waals surface area contributed by atoms with Crippen molar-refractivity contribution in [3.8, 4) is 5.75 Å². The lowest BCUT2D eigenvalue weighted by molar-refractivity contribution is 0.310. The van der Waals surface area contributed by atoms with Gasteiger partial charge >= 0.3 is 0 Å². The summed E-state index contributed by atoms with van der Waals surface area (Å²) >= 11 is 0. The Balaban J connectivity index is 1.69. The lowest BCUT2D eigenvalue weighted by Gasteiger charge is -2.10. The van der Waals surface area contributed by atoms with Crippen molar-refractivity contribution in [2.45, 2.75) is 12.6 Å². The Morgan fingerprint density at radius 1 is 1.25 bits per heavy atom. The van der Waals surface area contributed by atoms with E-state index in [2.05, 4.69) is 11.4 Å². The van der Waals surface area contributed by atoms with E-state index in [1.54, 1.807) is 12.5 Å². The predicted molar refractivity (Wildman–Crippen MR) is 60.2 cm³/mol. The molecule has 1 N–H and O–H groups in total. The summed E-state index contributed by atoms with van der Waals surface area (Å²) in [5.41, 5.74) is 2.40. The molecular formula is C13H13NO2. The Morgan fingerprint density at radius 2 is 2.19 bits per heavy atom. The minimum absolute atomic E-state index is 0.283. The van der Waals surface area contributed by atoms with E-state index in [9.17, 15) is 0 Å². The van der Waals surface area contributed by atoms with Gasteiger partial charge in [-0.05, 0) is 12.1 Å². The number of fused-ring (bicyclic) bond motifs is 1. The Bertz CT molecular complexity index is 465. The van der Waals surface area contributed by atoms with Crippen molar-refractivity contribution >= 4 is 0 Å². The minimum Gasteiger partial charge on any atom is -0.491 e. The van der Waals surface area contributed by atoms with Crippen molar-refractivity contribution < 1.29 is 9.15 Å². The van der Waals surface area contributed by atoms with Crippen molar-refractivity contribution in [3.05, 3.63) is 54.0 Å². The maximum absolute atomic E-state index is 5.60. The van der Waals surface area contributed by atoms with E-state index < -0.39 is 0 Å². The van der Waals surface area contributed by atoms with Gasteiger partial charge in [0.1, 0.15) is 12.4 Å². The molecule has 0 fully saturated rings. The minimum atomic E-state index is 0.283. The summed E-state index contributed by atoms with van der Waals surface area (Å²) in [5.74, 6) is 0.993. The van der Waals surface area contributed by atoms with E-state index in [0.29, 0.717) is 6.61 Å². The van der Waals surface area contributed by atoms with Gasteiger partial charge in [-0.15, -0.1) is 0 Å². The molecule has 0 spiro atoms. The van der Waals surface area contributed by atoms with Crippen LogP contribution in [0.1, 0.15) is 17.2 Å². The molecule has 0 amide bonds. The molecule has 0 radical (unpaired) electrons. The fraction of sp³-hybridized carbons (Fsp3) is 0.231. The number of benzene rings is 1. The second-order valence-corrected chi connectivity index (χ2v) is 3.91. The predicted octanol–water partition coefficient (Wildman–Crippen LogP) is 2.50. The van der Waals surface area contributed by atoms with Gasteiger partial charge in [-0.1, -0.05) is 18.2 Å². The number of ether oxygens (including phenoxy) is 1. The molecule has 3 nitrogen and oxygen atoms in total. The molecule has 0 saturated heterocycles. The number of rotatable bonds is 3. The molecule has 1 aliphatic heterocycles. The smallest absolute Gasteiger partial charge is 0.124 e. The van der Waals surface area contributed by atoms with Crippen molar-refractivity contribution in [2.75, 3.05) is 6.61 Å². The average molecular weight is 215 g/mol. The van der Waals surface area contributed by atoms with E-state index in [4.69, 9.17) is 9.15 Å². The van der Waals surface area contributed by atoms with Crippen molar-refractivity contribution in [1.29, 1.82) is 0 Å². The zero-order valence-corrected chi connectivity index (χ0v) is 8.85. The first-order valence-electron chi connectivity index (χ1n) is 5.39. The summed E-state index contributed by atoms with van der Waals surface area (Å²) in [6.45, 7) is 1.51. The van der Waals surface area contributed by atoms with Crippen molar-refractivity contribution in [1.82, 2.24) is 5.32 Å². The van der Waals surface area contributed by atoms with Gasteiger partial charge in [0.15, 0.2) is 0 Å². The Kier molecular flexibility index (Phi) is 2.38. The maximum Gasteiger partial charge on any atom is 0.124 e. The van der Waals surface area contributed by atoms with E-state index in [0.717, 1.165) is 17.9 Å². The molecule has 1 aromatic carbocycles. The van der Waals surface area contributed by atoms with Crippen LogP contribution in [-0.4, -0.2) is 6.61 Å². The molecule has 2 aromatic rings. The molecule has 3 rings (SSSR count). The largest absolute Gasteiger partial charge is 0.491 e. The van der Waals surface area contributed by atoms with Gasteiger partial charge < -0.3 is 14.5 Å². The summed E-state index contributed by atoms with van der Waals surface area (Å²) in [6, 6.07) is 10.4. The average Bonchev–Trinajstić information content (AvgIpc) is 2.96. The highest BCUT2D eigenvalue weighted by Crippen LogP contribution is 2.31. The monoisotopic (exact) mass is 215 g/mol. The van der Waals surface area contributed by atoms with Crippen molar-refractivity contribution in [3.63, 3.8) is 0 Å². The van der Waals surface area contributed by atoms with E-state index in [1.165, 1.54) is 5.56 Å². The third-order valence-corrected chi connectivity index (χ3v) is 2.83. The van der Waals surface area contributed by atoms with Crippen molar-refractivity contribution in [2.24, 2.45) is 0 Å². The van der Waals surface area contributed by atoms with Crippen LogP contribution >= 0.6 is 0 Å². The number of hydrogen-bond donors (Lipinski definition) is 1. The van der Waals surface area contributed by atoms with Crippen LogP contribution in [0.15, 0.2) is 47.3 Å². The summed E-state index contributed by atoms with van der Waals surface area (Å²) in [5, 5.41) is 3.46. The van der Waals surface area contributed by atoms with Crippen LogP contribution in [0.5, 0.6) is 5.75 Å². The van der Waals surface area contributed by atoms with Crippen LogP contribution in [0.2, 0.25) is 0 Å². The van der Waals surface area contributed by atoms with Crippen LogP contribution in [0.25, 0.3) is 0 Å². The van der Waals surface area contributed by atoms with E-state index >= 15 is 0 Å². The SMILES string of the molecule is c1ccc2c(c1)OCC2NCc1ccoc1. The second-order valence-electron chi connectivity index (χ2n) is 3.91. The quantitative estimate of drug-likeness (QED) is 0.854. The number of nitrogens with one attached hydrogen (secondary N) is 1. The zero-order valence-electron chi connectivity index (χ0n) is 8.85. The van der Waals surface area contributed by atoms with Crippen LogP contribution < -0.4 is 10.1 Å².